The first-order valence-corrected chi connectivity index (χ1v) is 16.4. The van der Waals surface area contributed by atoms with E-state index in [0.29, 0.717) is 43.6 Å². The number of hydrogen-bond donors (Lipinski definition) is 1. The quantitative estimate of drug-likeness (QED) is 0.428. The third-order valence-electron chi connectivity index (χ3n) is 9.06. The molecule has 4 aliphatic rings. The van der Waals surface area contributed by atoms with Gasteiger partial charge in [0.25, 0.3) is 5.91 Å². The van der Waals surface area contributed by atoms with E-state index in [4.69, 9.17) is 28.3 Å². The fourth-order valence-electron chi connectivity index (χ4n) is 6.73. The molecule has 2 aromatic rings. The average Bonchev–Trinajstić information content (AvgIpc) is 3.10. The highest BCUT2D eigenvalue weighted by Crippen LogP contribution is 2.45. The summed E-state index contributed by atoms with van der Waals surface area (Å²) in [6, 6.07) is 4.47. The van der Waals surface area contributed by atoms with Crippen LogP contribution in [-0.4, -0.2) is 110 Å². The van der Waals surface area contributed by atoms with Gasteiger partial charge in [0.15, 0.2) is 0 Å². The summed E-state index contributed by atoms with van der Waals surface area (Å²) in [6.45, 7) is 10.9. The molecule has 0 saturated carbocycles. The highest BCUT2D eigenvalue weighted by molar-refractivity contribution is 7.85. The number of piperidine rings is 1. The Morgan fingerprint density at radius 2 is 1.84 bits per heavy atom. The molecule has 1 atom stereocenters. The molecular formula is C30H35B3N6O3S. The fraction of sp³-hybridized carbons (Fsp3) is 0.567. The number of nitrogens with one attached hydrogen (secondary N) is 1. The van der Waals surface area contributed by atoms with Crippen molar-refractivity contribution in [1.82, 2.24) is 19.8 Å². The topological polar surface area (TPSA) is 90.9 Å². The molecule has 6 rings (SSSR count). The van der Waals surface area contributed by atoms with Crippen LogP contribution in [0.15, 0.2) is 18.5 Å². The fourth-order valence-corrected chi connectivity index (χ4v) is 7.78. The number of carbonyl (C=O) groups excluding carboxylic acids is 1. The molecule has 3 fully saturated rings. The lowest BCUT2D eigenvalue weighted by molar-refractivity contribution is -0.139. The van der Waals surface area contributed by atoms with Gasteiger partial charge in [0.05, 0.1) is 40.3 Å². The second-order valence-electron chi connectivity index (χ2n) is 12.5. The number of aromatic nitrogens is 2. The van der Waals surface area contributed by atoms with Crippen molar-refractivity contribution in [2.75, 3.05) is 61.0 Å². The zero-order valence-corrected chi connectivity index (χ0v) is 25.9. The summed E-state index contributed by atoms with van der Waals surface area (Å²) in [7, 11) is 15.6. The molecule has 6 radical (unpaired) electrons. The molecule has 0 spiro atoms. The number of rotatable bonds is 3. The zero-order valence-electron chi connectivity index (χ0n) is 25.1. The molecule has 5 heterocycles. The lowest BCUT2D eigenvalue weighted by Gasteiger charge is -2.55. The van der Waals surface area contributed by atoms with Gasteiger partial charge in [-0.2, -0.15) is 0 Å². The number of fused-ring (bicyclic) bond motifs is 2. The van der Waals surface area contributed by atoms with E-state index in [2.05, 4.69) is 62.9 Å². The van der Waals surface area contributed by atoms with Gasteiger partial charge < -0.3 is 19.9 Å². The average molecular weight is 592 g/mol. The highest BCUT2D eigenvalue weighted by atomic mass is 32.2. The van der Waals surface area contributed by atoms with Crippen molar-refractivity contribution in [1.29, 1.82) is 0 Å². The van der Waals surface area contributed by atoms with Crippen molar-refractivity contribution < 1.29 is 13.7 Å². The van der Waals surface area contributed by atoms with Crippen molar-refractivity contribution >= 4 is 57.6 Å². The molecule has 13 heteroatoms. The summed E-state index contributed by atoms with van der Waals surface area (Å²) in [5.41, 5.74) is 4.15. The SMILES string of the molecule is [B]C([B])([B])C#CC(=O)N1CC(C)(N2CCC(c3cc(C)c4c(c3)Nc3ncnc(N5CCS(=O)CC5)c3C(C)O4)CC2)C1. The maximum absolute atomic E-state index is 12.4. The molecule has 4 aliphatic heterocycles. The summed E-state index contributed by atoms with van der Waals surface area (Å²) in [4.78, 5) is 28.0. The van der Waals surface area contributed by atoms with E-state index in [1.54, 1.807) is 11.2 Å². The van der Waals surface area contributed by atoms with Gasteiger partial charge in [0.2, 0.25) is 0 Å². The molecule has 1 amide bonds. The monoisotopic (exact) mass is 592 g/mol. The van der Waals surface area contributed by atoms with Crippen LogP contribution in [0.3, 0.4) is 0 Å². The molecule has 1 aromatic heterocycles. The molecule has 43 heavy (non-hydrogen) atoms. The van der Waals surface area contributed by atoms with Gasteiger partial charge in [0.1, 0.15) is 29.8 Å². The largest absolute Gasteiger partial charge is 0.483 e. The van der Waals surface area contributed by atoms with Crippen LogP contribution in [0.4, 0.5) is 17.3 Å². The molecule has 0 bridgehead atoms. The van der Waals surface area contributed by atoms with Crippen LogP contribution in [0, 0.1) is 18.8 Å². The van der Waals surface area contributed by atoms with Crippen molar-refractivity contribution in [3.8, 4) is 17.6 Å². The van der Waals surface area contributed by atoms with Crippen molar-refractivity contribution in [3.05, 3.63) is 35.2 Å². The number of amides is 1. The van der Waals surface area contributed by atoms with E-state index in [0.717, 1.165) is 60.1 Å². The minimum Gasteiger partial charge on any atom is -0.483 e. The van der Waals surface area contributed by atoms with Crippen molar-refractivity contribution in [2.24, 2.45) is 0 Å². The van der Waals surface area contributed by atoms with E-state index in [1.165, 1.54) is 5.56 Å². The van der Waals surface area contributed by atoms with Crippen LogP contribution in [0.2, 0.25) is 5.11 Å². The molecule has 3 saturated heterocycles. The second kappa shape index (κ2) is 11.5. The van der Waals surface area contributed by atoms with Gasteiger partial charge in [-0.15, -0.1) is 5.92 Å². The maximum atomic E-state index is 12.4. The Hall–Kier alpha value is -2.97. The Morgan fingerprint density at radius 3 is 2.51 bits per heavy atom. The summed E-state index contributed by atoms with van der Waals surface area (Å²) < 4.78 is 18.5. The predicted octanol–water partition coefficient (Wildman–Crippen LogP) is 1.91. The highest BCUT2D eigenvalue weighted by Gasteiger charge is 2.46. The van der Waals surface area contributed by atoms with Crippen LogP contribution in [0.25, 0.3) is 0 Å². The first kappa shape index (κ1) is 30.1. The van der Waals surface area contributed by atoms with Gasteiger partial charge in [-0.05, 0) is 75.7 Å². The van der Waals surface area contributed by atoms with Gasteiger partial charge in [-0.25, -0.2) is 9.97 Å². The van der Waals surface area contributed by atoms with E-state index in [-0.39, 0.29) is 17.6 Å². The minimum atomic E-state index is -1.67. The summed E-state index contributed by atoms with van der Waals surface area (Å²) in [6.07, 6.45) is 3.40. The molecular weight excluding hydrogens is 557 g/mol. The first-order valence-electron chi connectivity index (χ1n) is 14.9. The Morgan fingerprint density at radius 1 is 1.14 bits per heavy atom. The van der Waals surface area contributed by atoms with Gasteiger partial charge in [-0.1, -0.05) is 11.2 Å². The lowest BCUT2D eigenvalue weighted by atomic mass is 9.43. The summed E-state index contributed by atoms with van der Waals surface area (Å²) in [5.74, 6) is 8.72. The normalized spacial score (nSPS) is 22.5. The van der Waals surface area contributed by atoms with E-state index >= 15 is 0 Å². The van der Waals surface area contributed by atoms with Crippen molar-refractivity contribution in [2.45, 2.75) is 56.3 Å². The zero-order chi connectivity index (χ0) is 30.5. The Balaban J connectivity index is 1.14. The van der Waals surface area contributed by atoms with Gasteiger partial charge >= 0.3 is 0 Å². The summed E-state index contributed by atoms with van der Waals surface area (Å²) in [5, 5.41) is 1.91. The molecule has 0 aliphatic carbocycles. The number of anilines is 3. The number of carbonyl (C=O) groups is 1. The first-order chi connectivity index (χ1) is 20.4. The Labute approximate surface area is 260 Å². The standard InChI is InChI=1S/C30H35B3N6O3S/c1-19-14-22(21-5-8-39(9-6-21)29(3)16-38(17-29)24(40)4-7-30(31,32)33)15-23-26(19)42-20(2)25-27(36-23)34-18-35-28(25)37-10-12-43(41)13-11-37/h14-15,18,20-21H,5-6,8-13,16-17H2,1-3H3,(H,34,35,36). The van der Waals surface area contributed by atoms with Crippen LogP contribution < -0.4 is 15.0 Å². The molecule has 1 aromatic carbocycles. The smallest absolute Gasteiger partial charge is 0.298 e. The van der Waals surface area contributed by atoms with E-state index in [1.807, 2.05) is 6.92 Å². The Bertz CT molecular complexity index is 1500. The maximum Gasteiger partial charge on any atom is 0.298 e. The van der Waals surface area contributed by atoms with Crippen LogP contribution >= 0.6 is 0 Å². The van der Waals surface area contributed by atoms with Crippen LogP contribution in [-0.2, 0) is 15.6 Å². The van der Waals surface area contributed by atoms with Crippen LogP contribution in [0.5, 0.6) is 5.75 Å². The van der Waals surface area contributed by atoms with E-state index < -0.39 is 15.9 Å². The van der Waals surface area contributed by atoms with Crippen LogP contribution in [0.1, 0.15) is 55.4 Å². The number of benzene rings is 1. The second-order valence-corrected chi connectivity index (χ2v) is 14.2. The number of aryl methyl sites for hydroxylation is 1. The third-order valence-corrected chi connectivity index (χ3v) is 10.3. The minimum absolute atomic E-state index is 0.0761. The molecule has 9 nitrogen and oxygen atoms in total. The van der Waals surface area contributed by atoms with Crippen molar-refractivity contribution in [3.63, 3.8) is 0 Å². The summed E-state index contributed by atoms with van der Waals surface area (Å²) >= 11 is 0. The predicted molar refractivity (Wildman–Crippen MR) is 172 cm³/mol. The number of hydrogen-bond acceptors (Lipinski definition) is 8. The van der Waals surface area contributed by atoms with Gasteiger partial charge in [-0.3, -0.25) is 13.9 Å². The van der Waals surface area contributed by atoms with E-state index in [9.17, 15) is 9.00 Å². The number of likely N-dealkylation sites (tertiary alicyclic amines) is 2. The third kappa shape index (κ3) is 6.19. The molecule has 1 N–H and O–H groups in total. The molecule has 218 valence electrons. The lowest BCUT2D eigenvalue weighted by Crippen LogP contribution is -2.70. The number of nitrogens with zero attached hydrogens (tertiary/aromatic N) is 5. The number of ether oxygens (including phenoxy) is 1. The molecule has 1 unspecified atom stereocenters. The van der Waals surface area contributed by atoms with Gasteiger partial charge in [0, 0.05) is 48.5 Å². The Kier molecular flexibility index (Phi) is 8.05.